The van der Waals surface area contributed by atoms with E-state index < -0.39 is 0 Å². The number of rotatable bonds is 4. The lowest BCUT2D eigenvalue weighted by Gasteiger charge is -2.42. The first-order valence-corrected chi connectivity index (χ1v) is 9.51. The lowest BCUT2D eigenvalue weighted by molar-refractivity contribution is -0.131. The summed E-state index contributed by atoms with van der Waals surface area (Å²) in [6.07, 6.45) is 4.69. The molecule has 5 nitrogen and oxygen atoms in total. The maximum Gasteiger partial charge on any atom is 0.224 e. The summed E-state index contributed by atoms with van der Waals surface area (Å²) < 4.78 is 0. The molecule has 2 aliphatic rings. The molecule has 5 heteroatoms. The van der Waals surface area contributed by atoms with Gasteiger partial charge in [0.15, 0.2) is 0 Å². The highest BCUT2D eigenvalue weighted by Crippen LogP contribution is 2.36. The zero-order chi connectivity index (χ0) is 17.4. The van der Waals surface area contributed by atoms with Gasteiger partial charge in [-0.15, -0.1) is 0 Å². The molecule has 1 amide bonds. The molecule has 2 N–H and O–H groups in total. The van der Waals surface area contributed by atoms with E-state index in [0.29, 0.717) is 12.0 Å². The van der Waals surface area contributed by atoms with E-state index in [1.54, 1.807) is 0 Å². The number of imidazole rings is 1. The monoisotopic (exact) mass is 340 g/mol. The quantitative estimate of drug-likeness (QED) is 0.899. The number of H-pyrrole nitrogens is 1. The molecule has 0 bridgehead atoms. The number of benzene rings is 1. The number of para-hydroxylation sites is 2. The van der Waals surface area contributed by atoms with Crippen LogP contribution in [-0.4, -0.2) is 40.4 Å². The Bertz CT molecular complexity index is 722. The molecule has 4 atom stereocenters. The fourth-order valence-corrected chi connectivity index (χ4v) is 4.66. The van der Waals surface area contributed by atoms with Crippen LogP contribution < -0.4 is 5.32 Å². The number of carbonyl (C=O) groups excluding carboxylic acids is 1. The van der Waals surface area contributed by atoms with Crippen LogP contribution in [0.1, 0.15) is 38.4 Å². The van der Waals surface area contributed by atoms with Crippen molar-refractivity contribution >= 4 is 16.9 Å². The molecular weight excluding hydrogens is 312 g/mol. The van der Waals surface area contributed by atoms with Gasteiger partial charge in [0.25, 0.3) is 0 Å². The average Bonchev–Trinajstić information content (AvgIpc) is 2.98. The maximum absolute atomic E-state index is 12.5. The van der Waals surface area contributed by atoms with Gasteiger partial charge >= 0.3 is 0 Å². The standard InChI is InChI=1S/C20H28N4O/c1-13-7-8-16-14(9-13)10-15(20(25)23-16)11-24(2)12-19-21-17-5-3-4-6-18(17)22-19/h3-6,13-16H,7-12H2,1-2H3,(H,21,22)(H,23,25). The summed E-state index contributed by atoms with van der Waals surface area (Å²) in [5, 5.41) is 3.29. The molecule has 4 unspecified atom stereocenters. The zero-order valence-electron chi connectivity index (χ0n) is 15.2. The third-order valence-corrected chi connectivity index (χ3v) is 5.92. The van der Waals surface area contributed by atoms with Crippen molar-refractivity contribution in [1.29, 1.82) is 0 Å². The molecule has 25 heavy (non-hydrogen) atoms. The average molecular weight is 340 g/mol. The van der Waals surface area contributed by atoms with Crippen LogP contribution >= 0.6 is 0 Å². The first-order chi connectivity index (χ1) is 12.1. The van der Waals surface area contributed by atoms with Crippen LogP contribution in [0.3, 0.4) is 0 Å². The molecule has 2 aromatic rings. The lowest BCUT2D eigenvalue weighted by Crippen LogP contribution is -2.53. The molecule has 1 saturated heterocycles. The molecule has 4 rings (SSSR count). The Labute approximate surface area is 149 Å². The summed E-state index contributed by atoms with van der Waals surface area (Å²) in [6.45, 7) is 3.87. The van der Waals surface area contributed by atoms with Crippen LogP contribution in [0.4, 0.5) is 0 Å². The van der Waals surface area contributed by atoms with Crippen molar-refractivity contribution in [3.8, 4) is 0 Å². The molecule has 1 aromatic carbocycles. The van der Waals surface area contributed by atoms with E-state index in [2.05, 4.69) is 34.2 Å². The Kier molecular flexibility index (Phi) is 4.50. The minimum absolute atomic E-state index is 0.0981. The largest absolute Gasteiger partial charge is 0.353 e. The van der Waals surface area contributed by atoms with Gasteiger partial charge in [0.1, 0.15) is 5.82 Å². The van der Waals surface area contributed by atoms with Crippen LogP contribution in [0.2, 0.25) is 0 Å². The van der Waals surface area contributed by atoms with E-state index in [4.69, 9.17) is 0 Å². The highest BCUT2D eigenvalue weighted by Gasteiger charge is 2.38. The molecule has 0 spiro atoms. The highest BCUT2D eigenvalue weighted by molar-refractivity contribution is 5.80. The first-order valence-electron chi connectivity index (χ1n) is 9.51. The Hall–Kier alpha value is -1.88. The number of nitrogens with zero attached hydrogens (tertiary/aromatic N) is 2. The van der Waals surface area contributed by atoms with Gasteiger partial charge in [0.2, 0.25) is 5.91 Å². The van der Waals surface area contributed by atoms with E-state index in [9.17, 15) is 4.79 Å². The number of aromatic amines is 1. The summed E-state index contributed by atoms with van der Waals surface area (Å²) in [7, 11) is 2.08. The molecule has 2 heterocycles. The van der Waals surface area contributed by atoms with Crippen LogP contribution in [0.15, 0.2) is 24.3 Å². The Morgan fingerprint density at radius 3 is 2.92 bits per heavy atom. The van der Waals surface area contributed by atoms with Gasteiger partial charge in [-0.25, -0.2) is 4.98 Å². The third kappa shape index (κ3) is 3.56. The summed E-state index contributed by atoms with van der Waals surface area (Å²) in [6, 6.07) is 8.51. The van der Waals surface area contributed by atoms with Gasteiger partial charge in [0, 0.05) is 12.6 Å². The van der Waals surface area contributed by atoms with Gasteiger partial charge < -0.3 is 10.3 Å². The topological polar surface area (TPSA) is 61.0 Å². The molecule has 1 aromatic heterocycles. The molecule has 2 fully saturated rings. The van der Waals surface area contributed by atoms with Crippen molar-refractivity contribution in [2.45, 2.75) is 45.2 Å². The van der Waals surface area contributed by atoms with E-state index in [1.165, 1.54) is 12.8 Å². The third-order valence-electron chi connectivity index (χ3n) is 5.92. The molecule has 1 saturated carbocycles. The molecule has 1 aliphatic heterocycles. The van der Waals surface area contributed by atoms with E-state index in [0.717, 1.165) is 48.7 Å². The second-order valence-electron chi connectivity index (χ2n) is 8.12. The number of hydrogen-bond acceptors (Lipinski definition) is 3. The number of piperidine rings is 1. The van der Waals surface area contributed by atoms with E-state index >= 15 is 0 Å². The van der Waals surface area contributed by atoms with Crippen LogP contribution in [0.25, 0.3) is 11.0 Å². The summed E-state index contributed by atoms with van der Waals surface area (Å²) in [4.78, 5) is 22.7. The number of amides is 1. The predicted octanol–water partition coefficient (Wildman–Crippen LogP) is 2.94. The minimum atomic E-state index is 0.0981. The lowest BCUT2D eigenvalue weighted by atomic mass is 9.72. The van der Waals surface area contributed by atoms with E-state index in [-0.39, 0.29) is 11.8 Å². The fraction of sp³-hybridized carbons (Fsp3) is 0.600. The smallest absolute Gasteiger partial charge is 0.224 e. The van der Waals surface area contributed by atoms with Crippen LogP contribution in [-0.2, 0) is 11.3 Å². The molecular formula is C20H28N4O. The SMILES string of the molecule is CC1CCC2NC(=O)C(CN(C)Cc3nc4ccccc4[nH]3)CC2C1. The minimum Gasteiger partial charge on any atom is -0.353 e. The van der Waals surface area contributed by atoms with Crippen molar-refractivity contribution < 1.29 is 4.79 Å². The Balaban J connectivity index is 1.38. The van der Waals surface area contributed by atoms with Crippen molar-refractivity contribution in [3.05, 3.63) is 30.1 Å². The van der Waals surface area contributed by atoms with Crippen LogP contribution in [0, 0.1) is 17.8 Å². The summed E-state index contributed by atoms with van der Waals surface area (Å²) in [5.41, 5.74) is 2.07. The van der Waals surface area contributed by atoms with E-state index in [1.807, 2.05) is 24.3 Å². The Morgan fingerprint density at radius 2 is 2.08 bits per heavy atom. The maximum atomic E-state index is 12.5. The number of aromatic nitrogens is 2. The number of nitrogens with one attached hydrogen (secondary N) is 2. The van der Waals surface area contributed by atoms with Crippen molar-refractivity contribution in [3.63, 3.8) is 0 Å². The van der Waals surface area contributed by atoms with Gasteiger partial charge in [-0.2, -0.15) is 0 Å². The number of hydrogen-bond donors (Lipinski definition) is 2. The van der Waals surface area contributed by atoms with Crippen LogP contribution in [0.5, 0.6) is 0 Å². The Morgan fingerprint density at radius 1 is 1.24 bits per heavy atom. The number of fused-ring (bicyclic) bond motifs is 2. The second-order valence-corrected chi connectivity index (χ2v) is 8.12. The first kappa shape index (κ1) is 16.6. The zero-order valence-corrected chi connectivity index (χ0v) is 15.2. The summed E-state index contributed by atoms with van der Waals surface area (Å²) in [5.74, 6) is 2.76. The molecule has 0 radical (unpaired) electrons. The van der Waals surface area contributed by atoms with Gasteiger partial charge in [0.05, 0.1) is 23.5 Å². The highest BCUT2D eigenvalue weighted by atomic mass is 16.2. The summed E-state index contributed by atoms with van der Waals surface area (Å²) >= 11 is 0. The predicted molar refractivity (Wildman–Crippen MR) is 99.0 cm³/mol. The fourth-order valence-electron chi connectivity index (χ4n) is 4.66. The molecule has 1 aliphatic carbocycles. The van der Waals surface area contributed by atoms with Gasteiger partial charge in [-0.3, -0.25) is 9.69 Å². The van der Waals surface area contributed by atoms with Crippen molar-refractivity contribution in [2.75, 3.05) is 13.6 Å². The molecule has 134 valence electrons. The van der Waals surface area contributed by atoms with Crippen molar-refractivity contribution in [2.24, 2.45) is 17.8 Å². The number of carbonyl (C=O) groups is 1. The van der Waals surface area contributed by atoms with Gasteiger partial charge in [-0.05, 0) is 56.7 Å². The van der Waals surface area contributed by atoms with Gasteiger partial charge in [-0.1, -0.05) is 19.1 Å². The van der Waals surface area contributed by atoms with Crippen molar-refractivity contribution in [1.82, 2.24) is 20.2 Å². The normalized spacial score (nSPS) is 29.6. The second kappa shape index (κ2) is 6.79.